The first-order valence-corrected chi connectivity index (χ1v) is 6.19. The van der Waals surface area contributed by atoms with Crippen LogP contribution in [-0.4, -0.2) is 16.7 Å². The summed E-state index contributed by atoms with van der Waals surface area (Å²) >= 11 is 0. The largest absolute Gasteiger partial charge is 0.493 e. The molecule has 5 nitrogen and oxygen atoms in total. The normalized spacial score (nSPS) is 11.8. The molecule has 0 fully saturated rings. The van der Waals surface area contributed by atoms with Crippen molar-refractivity contribution >= 4 is 0 Å². The molecule has 1 unspecified atom stereocenters. The van der Waals surface area contributed by atoms with Gasteiger partial charge >= 0.3 is 0 Å². The van der Waals surface area contributed by atoms with Crippen molar-refractivity contribution < 1.29 is 9.26 Å². The third-order valence-electron chi connectivity index (χ3n) is 2.60. The van der Waals surface area contributed by atoms with Crippen LogP contribution in [0.15, 0.2) is 28.8 Å². The Kier molecular flexibility index (Phi) is 4.14. The minimum atomic E-state index is -0.143. The first kappa shape index (κ1) is 13.1. The minimum Gasteiger partial charge on any atom is -0.493 e. The van der Waals surface area contributed by atoms with Crippen LogP contribution in [0, 0.1) is 17.2 Å². The van der Waals surface area contributed by atoms with Gasteiger partial charge in [0.05, 0.1) is 24.2 Å². The lowest BCUT2D eigenvalue weighted by Crippen LogP contribution is -1.97. The van der Waals surface area contributed by atoms with E-state index in [1.165, 1.54) is 0 Å². The predicted molar refractivity (Wildman–Crippen MR) is 69.4 cm³/mol. The molecule has 0 saturated heterocycles. The van der Waals surface area contributed by atoms with Gasteiger partial charge in [-0.15, -0.1) is 0 Å². The molecule has 0 radical (unpaired) electrons. The summed E-state index contributed by atoms with van der Waals surface area (Å²) in [6.45, 7) is 4.32. The van der Waals surface area contributed by atoms with Gasteiger partial charge in [-0.3, -0.25) is 0 Å². The Balaban J connectivity index is 2.25. The Morgan fingerprint density at radius 3 is 2.95 bits per heavy atom. The van der Waals surface area contributed by atoms with E-state index in [2.05, 4.69) is 16.2 Å². The molecule has 1 atom stereocenters. The second kappa shape index (κ2) is 6.01. The van der Waals surface area contributed by atoms with E-state index in [1.54, 1.807) is 0 Å². The third-order valence-corrected chi connectivity index (χ3v) is 2.60. The molecule has 5 heteroatoms. The molecule has 0 saturated carbocycles. The van der Waals surface area contributed by atoms with E-state index in [9.17, 15) is 0 Å². The highest BCUT2D eigenvalue weighted by Gasteiger charge is 2.14. The summed E-state index contributed by atoms with van der Waals surface area (Å²) in [5, 5.41) is 12.7. The smallest absolute Gasteiger partial charge is 0.228 e. The molecule has 0 spiro atoms. The zero-order valence-electron chi connectivity index (χ0n) is 11.0. The lowest BCUT2D eigenvalue weighted by atomic mass is 10.1. The first-order valence-electron chi connectivity index (χ1n) is 6.19. The first-order chi connectivity index (χ1) is 9.24. The molecule has 1 aromatic carbocycles. The second-order valence-electron chi connectivity index (χ2n) is 4.18. The van der Waals surface area contributed by atoms with Crippen molar-refractivity contribution in [3.05, 3.63) is 30.2 Å². The number of nitrogens with zero attached hydrogens (tertiary/aromatic N) is 3. The van der Waals surface area contributed by atoms with Gasteiger partial charge < -0.3 is 9.26 Å². The highest BCUT2D eigenvalue weighted by molar-refractivity contribution is 5.63. The Labute approximate surface area is 111 Å². The molecule has 0 bridgehead atoms. The second-order valence-corrected chi connectivity index (χ2v) is 4.18. The van der Waals surface area contributed by atoms with Crippen LogP contribution in [0.5, 0.6) is 5.75 Å². The van der Waals surface area contributed by atoms with E-state index < -0.39 is 0 Å². The molecule has 0 amide bonds. The third kappa shape index (κ3) is 3.10. The standard InChI is InChI=1S/C14H15N3O2/c1-3-18-12-7-5-4-6-11(12)14-16-13(19-17-14)8-10(2)9-15/h4-7,10H,3,8H2,1-2H3. The summed E-state index contributed by atoms with van der Waals surface area (Å²) in [6.07, 6.45) is 0.459. The number of ether oxygens (including phenoxy) is 1. The van der Waals surface area contributed by atoms with Crippen LogP contribution in [0.2, 0.25) is 0 Å². The number of rotatable bonds is 5. The van der Waals surface area contributed by atoms with Gasteiger partial charge in [0.1, 0.15) is 5.75 Å². The van der Waals surface area contributed by atoms with Gasteiger partial charge in [-0.25, -0.2) is 0 Å². The molecule has 19 heavy (non-hydrogen) atoms. The SMILES string of the molecule is CCOc1ccccc1-c1noc(CC(C)C#N)n1. The Morgan fingerprint density at radius 2 is 2.21 bits per heavy atom. The van der Waals surface area contributed by atoms with Gasteiger partial charge in [-0.2, -0.15) is 10.2 Å². The van der Waals surface area contributed by atoms with Gasteiger partial charge in [0.2, 0.25) is 11.7 Å². The minimum absolute atomic E-state index is 0.143. The Bertz CT molecular complexity index is 586. The van der Waals surface area contributed by atoms with E-state index in [4.69, 9.17) is 14.5 Å². The summed E-state index contributed by atoms with van der Waals surface area (Å²) in [6, 6.07) is 9.68. The summed E-state index contributed by atoms with van der Waals surface area (Å²) in [4.78, 5) is 4.30. The lowest BCUT2D eigenvalue weighted by Gasteiger charge is -2.05. The van der Waals surface area contributed by atoms with E-state index in [-0.39, 0.29) is 5.92 Å². The van der Waals surface area contributed by atoms with Crippen molar-refractivity contribution in [2.75, 3.05) is 6.61 Å². The van der Waals surface area contributed by atoms with Crippen LogP contribution in [-0.2, 0) is 6.42 Å². The van der Waals surface area contributed by atoms with Crippen LogP contribution in [0.3, 0.4) is 0 Å². The summed E-state index contributed by atoms with van der Waals surface area (Å²) in [5.74, 6) is 1.54. The number of para-hydroxylation sites is 1. The summed E-state index contributed by atoms with van der Waals surface area (Å²) < 4.78 is 10.7. The van der Waals surface area contributed by atoms with Gasteiger partial charge in [0, 0.05) is 6.42 Å². The van der Waals surface area contributed by atoms with E-state index in [0.29, 0.717) is 24.7 Å². The van der Waals surface area contributed by atoms with Crippen molar-refractivity contribution in [3.8, 4) is 23.2 Å². The molecule has 2 aromatic rings. The average molecular weight is 257 g/mol. The number of hydrogen-bond donors (Lipinski definition) is 0. The number of hydrogen-bond acceptors (Lipinski definition) is 5. The number of nitriles is 1. The molecule has 1 aromatic heterocycles. The van der Waals surface area contributed by atoms with Gasteiger partial charge in [0.15, 0.2) is 0 Å². The monoisotopic (exact) mass is 257 g/mol. The fourth-order valence-electron chi connectivity index (χ4n) is 1.69. The van der Waals surface area contributed by atoms with Crippen molar-refractivity contribution in [1.82, 2.24) is 10.1 Å². The molecule has 0 N–H and O–H groups in total. The quantitative estimate of drug-likeness (QED) is 0.823. The van der Waals surface area contributed by atoms with Crippen LogP contribution in [0.25, 0.3) is 11.4 Å². The lowest BCUT2D eigenvalue weighted by molar-refractivity contribution is 0.340. The van der Waals surface area contributed by atoms with Crippen LogP contribution < -0.4 is 4.74 Å². The van der Waals surface area contributed by atoms with Crippen LogP contribution in [0.1, 0.15) is 19.7 Å². The molecule has 98 valence electrons. The topological polar surface area (TPSA) is 71.9 Å². The van der Waals surface area contributed by atoms with E-state index in [1.807, 2.05) is 38.1 Å². The van der Waals surface area contributed by atoms with Crippen LogP contribution >= 0.6 is 0 Å². The van der Waals surface area contributed by atoms with Crippen molar-refractivity contribution in [3.63, 3.8) is 0 Å². The maximum atomic E-state index is 8.77. The van der Waals surface area contributed by atoms with Crippen molar-refractivity contribution in [2.24, 2.45) is 5.92 Å². The van der Waals surface area contributed by atoms with Gasteiger partial charge in [-0.05, 0) is 26.0 Å². The van der Waals surface area contributed by atoms with Crippen molar-refractivity contribution in [1.29, 1.82) is 5.26 Å². The predicted octanol–water partition coefficient (Wildman–Crippen LogP) is 2.84. The molecule has 0 aliphatic heterocycles. The molecule has 0 aliphatic rings. The molecule has 2 rings (SSSR count). The maximum absolute atomic E-state index is 8.77. The molecular formula is C14H15N3O2. The zero-order valence-corrected chi connectivity index (χ0v) is 11.0. The fraction of sp³-hybridized carbons (Fsp3) is 0.357. The summed E-state index contributed by atoms with van der Waals surface area (Å²) in [7, 11) is 0. The highest BCUT2D eigenvalue weighted by Crippen LogP contribution is 2.27. The van der Waals surface area contributed by atoms with E-state index in [0.717, 1.165) is 11.3 Å². The van der Waals surface area contributed by atoms with Gasteiger partial charge in [0.25, 0.3) is 0 Å². The van der Waals surface area contributed by atoms with E-state index >= 15 is 0 Å². The number of aromatic nitrogens is 2. The fourth-order valence-corrected chi connectivity index (χ4v) is 1.69. The molecule has 1 heterocycles. The number of benzene rings is 1. The molecular weight excluding hydrogens is 242 g/mol. The Morgan fingerprint density at radius 1 is 1.42 bits per heavy atom. The zero-order chi connectivity index (χ0) is 13.7. The average Bonchev–Trinajstić information content (AvgIpc) is 2.88. The van der Waals surface area contributed by atoms with Crippen molar-refractivity contribution in [2.45, 2.75) is 20.3 Å². The van der Waals surface area contributed by atoms with Gasteiger partial charge in [-0.1, -0.05) is 17.3 Å². The Hall–Kier alpha value is -2.35. The highest BCUT2D eigenvalue weighted by atomic mass is 16.5. The summed E-state index contributed by atoms with van der Waals surface area (Å²) in [5.41, 5.74) is 0.795. The molecule has 0 aliphatic carbocycles. The van der Waals surface area contributed by atoms with Crippen LogP contribution in [0.4, 0.5) is 0 Å². The maximum Gasteiger partial charge on any atom is 0.228 e.